The van der Waals surface area contributed by atoms with Crippen molar-refractivity contribution in [2.75, 3.05) is 13.2 Å². The predicted octanol–water partition coefficient (Wildman–Crippen LogP) is 3.92. The first-order valence-electron chi connectivity index (χ1n) is 8.55. The Morgan fingerprint density at radius 2 is 2.00 bits per heavy atom. The van der Waals surface area contributed by atoms with Crippen LogP contribution < -0.4 is 0 Å². The minimum absolute atomic E-state index is 0.00678. The summed E-state index contributed by atoms with van der Waals surface area (Å²) in [6, 6.07) is 10.4. The maximum Gasteiger partial charge on any atom is 0.320 e. The van der Waals surface area contributed by atoms with E-state index in [-0.39, 0.29) is 24.8 Å². The Morgan fingerprint density at radius 1 is 1.30 bits per heavy atom. The quantitative estimate of drug-likeness (QED) is 0.745. The number of carbonyl (C=O) groups excluding carboxylic acids is 1. The third kappa shape index (κ3) is 5.33. The number of rotatable bonds is 6. The second-order valence-electron chi connectivity index (χ2n) is 7.12. The Hall–Kier alpha value is -1.39. The minimum atomic E-state index is -0.460. The Bertz CT molecular complexity index is 495. The Labute approximate surface area is 139 Å². The number of hydrogen-bond donors (Lipinski definition) is 0. The van der Waals surface area contributed by atoms with Gasteiger partial charge in [0.05, 0.1) is 19.2 Å². The molecule has 23 heavy (non-hydrogen) atoms. The summed E-state index contributed by atoms with van der Waals surface area (Å²) in [6.07, 6.45) is 3.16. The lowest BCUT2D eigenvalue weighted by molar-refractivity contribution is -0.158. The van der Waals surface area contributed by atoms with Crippen LogP contribution >= 0.6 is 0 Å². The van der Waals surface area contributed by atoms with E-state index in [1.54, 1.807) is 0 Å². The van der Waals surface area contributed by atoms with Crippen LogP contribution in [0.4, 0.5) is 0 Å². The molecule has 4 heteroatoms. The molecule has 1 aromatic carbocycles. The fourth-order valence-corrected chi connectivity index (χ4v) is 2.92. The Balaban J connectivity index is 2.10. The molecule has 1 aliphatic rings. The molecule has 0 radical (unpaired) electrons. The van der Waals surface area contributed by atoms with Gasteiger partial charge in [0, 0.05) is 0 Å². The van der Waals surface area contributed by atoms with E-state index in [1.807, 2.05) is 39.0 Å². The number of ether oxygens (including phenoxy) is 2. The van der Waals surface area contributed by atoms with Crippen LogP contribution in [0.2, 0.25) is 0 Å². The third-order valence-corrected chi connectivity index (χ3v) is 3.94. The van der Waals surface area contributed by atoms with Crippen molar-refractivity contribution < 1.29 is 14.3 Å². The van der Waals surface area contributed by atoms with Gasteiger partial charge in [0.1, 0.15) is 11.8 Å². The Morgan fingerprint density at radius 3 is 2.61 bits per heavy atom. The molecule has 0 N–H and O–H groups in total. The van der Waals surface area contributed by atoms with Gasteiger partial charge in [0.25, 0.3) is 0 Å². The van der Waals surface area contributed by atoms with Crippen molar-refractivity contribution in [2.24, 2.45) is 0 Å². The van der Waals surface area contributed by atoms with E-state index in [0.29, 0.717) is 6.61 Å². The summed E-state index contributed by atoms with van der Waals surface area (Å²) in [6.45, 7) is 8.76. The standard InChI is InChI=1S/C19H29NO3/c1-5-6-12-17-20(13-18(21)23-19(2,3)4)16(14-22-17)15-10-8-7-9-11-15/h7-11,16-17H,5-6,12-14H2,1-4H3/t16-,17+/m0/s1. The summed E-state index contributed by atoms with van der Waals surface area (Å²) in [7, 11) is 0. The molecule has 2 atom stereocenters. The highest BCUT2D eigenvalue weighted by Crippen LogP contribution is 2.32. The van der Waals surface area contributed by atoms with Crippen LogP contribution in [-0.2, 0) is 14.3 Å². The molecule has 0 bridgehead atoms. The molecule has 0 saturated carbocycles. The zero-order valence-corrected chi connectivity index (χ0v) is 14.7. The lowest BCUT2D eigenvalue weighted by Crippen LogP contribution is -2.39. The molecular weight excluding hydrogens is 290 g/mol. The number of unbranched alkanes of at least 4 members (excludes halogenated alkanes) is 1. The number of carbonyl (C=O) groups is 1. The van der Waals surface area contributed by atoms with Gasteiger partial charge in [-0.3, -0.25) is 9.69 Å². The van der Waals surface area contributed by atoms with E-state index in [4.69, 9.17) is 9.47 Å². The fourth-order valence-electron chi connectivity index (χ4n) is 2.92. The molecule has 1 heterocycles. The molecule has 2 rings (SSSR count). The highest BCUT2D eigenvalue weighted by Gasteiger charge is 2.36. The molecule has 4 nitrogen and oxygen atoms in total. The maximum atomic E-state index is 12.3. The van der Waals surface area contributed by atoms with Crippen LogP contribution in [-0.4, -0.2) is 35.8 Å². The van der Waals surface area contributed by atoms with Crippen LogP contribution in [0.25, 0.3) is 0 Å². The third-order valence-electron chi connectivity index (χ3n) is 3.94. The first-order valence-corrected chi connectivity index (χ1v) is 8.55. The molecular formula is C19H29NO3. The fraction of sp³-hybridized carbons (Fsp3) is 0.632. The van der Waals surface area contributed by atoms with Crippen LogP contribution in [0.15, 0.2) is 30.3 Å². The van der Waals surface area contributed by atoms with Crippen molar-refractivity contribution in [1.29, 1.82) is 0 Å². The topological polar surface area (TPSA) is 38.8 Å². The van der Waals surface area contributed by atoms with Crippen molar-refractivity contribution >= 4 is 5.97 Å². The van der Waals surface area contributed by atoms with Crippen LogP contribution in [0.1, 0.15) is 58.6 Å². The summed E-state index contributed by atoms with van der Waals surface area (Å²) in [4.78, 5) is 14.4. The van der Waals surface area contributed by atoms with Crippen molar-refractivity contribution in [3.63, 3.8) is 0 Å². The number of nitrogens with zero attached hydrogens (tertiary/aromatic N) is 1. The van der Waals surface area contributed by atoms with Gasteiger partial charge in [-0.25, -0.2) is 0 Å². The lowest BCUT2D eigenvalue weighted by atomic mass is 10.1. The summed E-state index contributed by atoms with van der Waals surface area (Å²) in [5.41, 5.74) is 0.730. The Kier molecular flexibility index (Phi) is 6.19. The lowest BCUT2D eigenvalue weighted by Gasteiger charge is -2.29. The molecule has 0 unspecified atom stereocenters. The number of hydrogen-bond acceptors (Lipinski definition) is 4. The molecule has 0 aliphatic carbocycles. The predicted molar refractivity (Wildman–Crippen MR) is 91.0 cm³/mol. The van der Waals surface area contributed by atoms with Gasteiger partial charge in [-0.2, -0.15) is 0 Å². The molecule has 1 aliphatic heterocycles. The van der Waals surface area contributed by atoms with Crippen LogP contribution in [0.5, 0.6) is 0 Å². The molecule has 1 aromatic rings. The van der Waals surface area contributed by atoms with Gasteiger partial charge in [-0.15, -0.1) is 0 Å². The summed E-state index contributed by atoms with van der Waals surface area (Å²) >= 11 is 0. The van der Waals surface area contributed by atoms with Crippen molar-refractivity contribution in [3.8, 4) is 0 Å². The number of esters is 1. The molecule has 0 aromatic heterocycles. The molecule has 0 amide bonds. The minimum Gasteiger partial charge on any atom is -0.459 e. The summed E-state index contributed by atoms with van der Waals surface area (Å²) < 4.78 is 11.5. The van der Waals surface area contributed by atoms with E-state index in [1.165, 1.54) is 5.56 Å². The van der Waals surface area contributed by atoms with Crippen LogP contribution in [0.3, 0.4) is 0 Å². The van der Waals surface area contributed by atoms with Gasteiger partial charge >= 0.3 is 5.97 Å². The van der Waals surface area contributed by atoms with Crippen molar-refractivity contribution in [3.05, 3.63) is 35.9 Å². The zero-order valence-electron chi connectivity index (χ0n) is 14.7. The largest absolute Gasteiger partial charge is 0.459 e. The van der Waals surface area contributed by atoms with Crippen molar-refractivity contribution in [2.45, 2.75) is 64.8 Å². The average molecular weight is 319 g/mol. The van der Waals surface area contributed by atoms with E-state index >= 15 is 0 Å². The van der Waals surface area contributed by atoms with E-state index in [2.05, 4.69) is 24.0 Å². The van der Waals surface area contributed by atoms with Crippen LogP contribution in [0, 0.1) is 0 Å². The van der Waals surface area contributed by atoms with Gasteiger partial charge in [0.2, 0.25) is 0 Å². The summed E-state index contributed by atoms with van der Waals surface area (Å²) in [5.74, 6) is -0.189. The molecule has 1 fully saturated rings. The first-order chi connectivity index (χ1) is 10.9. The van der Waals surface area contributed by atoms with Gasteiger partial charge in [-0.05, 0) is 39.2 Å². The highest BCUT2D eigenvalue weighted by molar-refractivity contribution is 5.72. The second kappa shape index (κ2) is 7.93. The zero-order chi connectivity index (χ0) is 16.9. The number of benzene rings is 1. The average Bonchev–Trinajstić information content (AvgIpc) is 2.86. The van der Waals surface area contributed by atoms with E-state index < -0.39 is 5.60 Å². The highest BCUT2D eigenvalue weighted by atomic mass is 16.6. The molecule has 1 saturated heterocycles. The maximum absolute atomic E-state index is 12.3. The first kappa shape index (κ1) is 18.0. The summed E-state index contributed by atoms with van der Waals surface area (Å²) in [5, 5.41) is 0. The van der Waals surface area contributed by atoms with E-state index in [0.717, 1.165) is 19.3 Å². The monoisotopic (exact) mass is 319 g/mol. The van der Waals surface area contributed by atoms with Crippen molar-refractivity contribution in [1.82, 2.24) is 4.90 Å². The van der Waals surface area contributed by atoms with Gasteiger partial charge < -0.3 is 9.47 Å². The molecule has 0 spiro atoms. The smallest absolute Gasteiger partial charge is 0.320 e. The second-order valence-corrected chi connectivity index (χ2v) is 7.12. The van der Waals surface area contributed by atoms with Gasteiger partial charge in [0.15, 0.2) is 0 Å². The normalized spacial score (nSPS) is 22.3. The molecule has 128 valence electrons. The van der Waals surface area contributed by atoms with Gasteiger partial charge in [-0.1, -0.05) is 43.7 Å². The van der Waals surface area contributed by atoms with E-state index in [9.17, 15) is 4.79 Å². The SMILES string of the molecule is CCCC[C@H]1OC[C@@H](c2ccccc2)N1CC(=O)OC(C)(C)C.